The van der Waals surface area contributed by atoms with Gasteiger partial charge in [-0.05, 0) is 35.9 Å². The van der Waals surface area contributed by atoms with Crippen LogP contribution < -0.4 is 10.5 Å². The maximum absolute atomic E-state index is 6.06. The summed E-state index contributed by atoms with van der Waals surface area (Å²) >= 11 is 0. The molecule has 4 rings (SSSR count). The van der Waals surface area contributed by atoms with Crippen LogP contribution in [0.4, 0.5) is 5.82 Å². The number of hydrogen-bond donors (Lipinski definition) is 2. The van der Waals surface area contributed by atoms with E-state index in [1.807, 2.05) is 42.6 Å². The van der Waals surface area contributed by atoms with E-state index in [1.54, 1.807) is 18.5 Å². The van der Waals surface area contributed by atoms with E-state index in [-0.39, 0.29) is 0 Å². The van der Waals surface area contributed by atoms with Gasteiger partial charge in [0.1, 0.15) is 17.2 Å². The lowest BCUT2D eigenvalue weighted by Crippen LogP contribution is -1.95. The highest BCUT2D eigenvalue weighted by Gasteiger charge is 2.08. The van der Waals surface area contributed by atoms with Crippen LogP contribution in [-0.2, 0) is 0 Å². The summed E-state index contributed by atoms with van der Waals surface area (Å²) in [6.45, 7) is 0. The summed E-state index contributed by atoms with van der Waals surface area (Å²) in [5, 5.41) is 1.02. The minimum absolute atomic E-state index is 0.315. The second kappa shape index (κ2) is 5.42. The zero-order valence-corrected chi connectivity index (χ0v) is 12.1. The summed E-state index contributed by atoms with van der Waals surface area (Å²) in [4.78, 5) is 15.5. The van der Waals surface area contributed by atoms with Gasteiger partial charge in [-0.15, -0.1) is 0 Å². The van der Waals surface area contributed by atoms with Crippen molar-refractivity contribution in [3.05, 3.63) is 61.1 Å². The van der Waals surface area contributed by atoms with E-state index in [9.17, 15) is 0 Å². The fourth-order valence-corrected chi connectivity index (χ4v) is 2.37. The van der Waals surface area contributed by atoms with E-state index in [0.717, 1.165) is 22.2 Å². The van der Waals surface area contributed by atoms with Gasteiger partial charge < -0.3 is 15.5 Å². The normalized spacial score (nSPS) is 10.8. The van der Waals surface area contributed by atoms with Gasteiger partial charge in [0.05, 0.1) is 0 Å². The summed E-state index contributed by atoms with van der Waals surface area (Å²) in [5.41, 5.74) is 8.70. The van der Waals surface area contributed by atoms with Crippen LogP contribution >= 0.6 is 0 Å². The topological polar surface area (TPSA) is 89.7 Å². The van der Waals surface area contributed by atoms with Crippen LogP contribution in [0.5, 0.6) is 11.8 Å². The number of nitrogen functional groups attached to an aromatic ring is 1. The molecule has 23 heavy (non-hydrogen) atoms. The molecular formula is C17H13N5O. The van der Waals surface area contributed by atoms with Crippen LogP contribution in [0.15, 0.2) is 61.1 Å². The van der Waals surface area contributed by atoms with Gasteiger partial charge in [-0.1, -0.05) is 12.1 Å². The monoisotopic (exact) mass is 303 g/mol. The molecular weight excluding hydrogens is 290 g/mol. The molecule has 0 aliphatic carbocycles. The summed E-state index contributed by atoms with van der Waals surface area (Å²) in [6.07, 6.45) is 5.11. The fraction of sp³-hybridized carbons (Fsp3) is 0. The highest BCUT2D eigenvalue weighted by molar-refractivity contribution is 5.87. The van der Waals surface area contributed by atoms with Crippen molar-refractivity contribution >= 4 is 16.9 Å². The van der Waals surface area contributed by atoms with Crippen LogP contribution in [0.2, 0.25) is 0 Å². The molecule has 0 amide bonds. The molecule has 3 N–H and O–H groups in total. The van der Waals surface area contributed by atoms with Crippen molar-refractivity contribution < 1.29 is 4.74 Å². The van der Waals surface area contributed by atoms with Crippen molar-refractivity contribution in [3.8, 4) is 22.9 Å². The molecule has 0 saturated carbocycles. The van der Waals surface area contributed by atoms with Crippen LogP contribution in [0.1, 0.15) is 0 Å². The molecule has 0 spiro atoms. The predicted molar refractivity (Wildman–Crippen MR) is 88.0 cm³/mol. The molecule has 0 atom stereocenters. The van der Waals surface area contributed by atoms with Gasteiger partial charge in [-0.2, -0.15) is 0 Å². The SMILES string of the molecule is Nc1nc2[nH]ccc2cc1-c1ccc(Oc2ncccn2)cc1. The van der Waals surface area contributed by atoms with Gasteiger partial charge in [-0.25, -0.2) is 15.0 Å². The first-order chi connectivity index (χ1) is 11.3. The van der Waals surface area contributed by atoms with Gasteiger partial charge in [-0.3, -0.25) is 0 Å². The second-order valence-corrected chi connectivity index (χ2v) is 4.99. The lowest BCUT2D eigenvalue weighted by Gasteiger charge is -2.07. The van der Waals surface area contributed by atoms with Crippen molar-refractivity contribution in [3.63, 3.8) is 0 Å². The van der Waals surface area contributed by atoms with E-state index < -0.39 is 0 Å². The van der Waals surface area contributed by atoms with Gasteiger partial charge >= 0.3 is 6.01 Å². The Kier molecular flexibility index (Phi) is 3.12. The number of aromatic nitrogens is 4. The molecule has 0 saturated heterocycles. The van der Waals surface area contributed by atoms with Crippen molar-refractivity contribution in [1.82, 2.24) is 19.9 Å². The minimum Gasteiger partial charge on any atom is -0.424 e. The Bertz CT molecular complexity index is 948. The number of pyridine rings is 1. The Labute approximate surface area is 132 Å². The maximum Gasteiger partial charge on any atom is 0.321 e. The molecule has 6 heteroatoms. The number of hydrogen-bond acceptors (Lipinski definition) is 5. The number of nitrogens with one attached hydrogen (secondary N) is 1. The molecule has 1 aromatic carbocycles. The lowest BCUT2D eigenvalue weighted by molar-refractivity contribution is 0.442. The van der Waals surface area contributed by atoms with E-state index in [1.165, 1.54) is 0 Å². The first kappa shape index (κ1) is 13.3. The Morgan fingerprint density at radius 3 is 2.57 bits per heavy atom. The molecule has 112 valence electrons. The van der Waals surface area contributed by atoms with Crippen molar-refractivity contribution in [2.24, 2.45) is 0 Å². The fourth-order valence-electron chi connectivity index (χ4n) is 2.37. The van der Waals surface area contributed by atoms with Crippen molar-refractivity contribution in [2.75, 3.05) is 5.73 Å². The standard InChI is InChI=1S/C17H13N5O/c18-15-14(10-12-6-9-19-16(12)22-15)11-2-4-13(5-3-11)23-17-20-7-1-8-21-17/h1-10H,(H3,18,19,22). The summed E-state index contributed by atoms with van der Waals surface area (Å²) in [5.74, 6) is 1.15. The molecule has 0 aliphatic heterocycles. The maximum atomic E-state index is 6.06. The van der Waals surface area contributed by atoms with Crippen molar-refractivity contribution in [2.45, 2.75) is 0 Å². The van der Waals surface area contributed by atoms with Crippen molar-refractivity contribution in [1.29, 1.82) is 0 Å². The Morgan fingerprint density at radius 2 is 1.78 bits per heavy atom. The highest BCUT2D eigenvalue weighted by atomic mass is 16.5. The quantitative estimate of drug-likeness (QED) is 0.605. The van der Waals surface area contributed by atoms with Crippen LogP contribution in [0, 0.1) is 0 Å². The third-order valence-corrected chi connectivity index (χ3v) is 3.48. The molecule has 0 bridgehead atoms. The smallest absolute Gasteiger partial charge is 0.321 e. The number of anilines is 1. The molecule has 6 nitrogen and oxygen atoms in total. The number of H-pyrrole nitrogens is 1. The van der Waals surface area contributed by atoms with Crippen LogP contribution in [0.3, 0.4) is 0 Å². The number of aromatic amines is 1. The van der Waals surface area contributed by atoms with E-state index >= 15 is 0 Å². The molecule has 0 unspecified atom stereocenters. The molecule has 3 heterocycles. The average molecular weight is 303 g/mol. The second-order valence-electron chi connectivity index (χ2n) is 4.99. The first-order valence-electron chi connectivity index (χ1n) is 7.08. The Morgan fingerprint density at radius 1 is 1.00 bits per heavy atom. The molecule has 0 radical (unpaired) electrons. The Hall–Kier alpha value is -3.41. The predicted octanol–water partition coefficient (Wildman–Crippen LogP) is 3.39. The number of fused-ring (bicyclic) bond motifs is 1. The van der Waals surface area contributed by atoms with E-state index in [0.29, 0.717) is 17.6 Å². The molecule has 4 aromatic rings. The zero-order valence-electron chi connectivity index (χ0n) is 12.1. The number of ether oxygens (including phenoxy) is 1. The molecule has 3 aromatic heterocycles. The Balaban J connectivity index is 1.65. The van der Waals surface area contributed by atoms with Gasteiger partial charge in [0.15, 0.2) is 0 Å². The first-order valence-corrected chi connectivity index (χ1v) is 7.08. The average Bonchev–Trinajstić information content (AvgIpc) is 3.03. The summed E-state index contributed by atoms with van der Waals surface area (Å²) < 4.78 is 5.58. The van der Waals surface area contributed by atoms with E-state index in [2.05, 4.69) is 19.9 Å². The van der Waals surface area contributed by atoms with Gasteiger partial charge in [0, 0.05) is 29.5 Å². The lowest BCUT2D eigenvalue weighted by atomic mass is 10.1. The number of nitrogens with zero attached hydrogens (tertiary/aromatic N) is 3. The van der Waals surface area contributed by atoms with Gasteiger partial charge in [0.25, 0.3) is 0 Å². The van der Waals surface area contributed by atoms with E-state index in [4.69, 9.17) is 10.5 Å². The third kappa shape index (κ3) is 2.57. The minimum atomic E-state index is 0.315. The summed E-state index contributed by atoms with van der Waals surface area (Å²) in [7, 11) is 0. The molecule has 0 fully saturated rings. The zero-order chi connectivity index (χ0) is 15.6. The largest absolute Gasteiger partial charge is 0.424 e. The molecule has 0 aliphatic rings. The number of nitrogens with two attached hydrogens (primary N) is 1. The summed E-state index contributed by atoms with van der Waals surface area (Å²) in [6, 6.07) is 13.6. The van der Waals surface area contributed by atoms with Crippen LogP contribution in [-0.4, -0.2) is 19.9 Å². The van der Waals surface area contributed by atoms with Crippen LogP contribution in [0.25, 0.3) is 22.2 Å². The number of rotatable bonds is 3. The highest BCUT2D eigenvalue weighted by Crippen LogP contribution is 2.29. The number of benzene rings is 1. The van der Waals surface area contributed by atoms with Gasteiger partial charge in [0.2, 0.25) is 0 Å². The third-order valence-electron chi connectivity index (χ3n) is 3.48.